The minimum Gasteiger partial charge on any atom is -0.444 e. The van der Waals surface area contributed by atoms with Gasteiger partial charge in [0.15, 0.2) is 0 Å². The first-order valence-electron chi connectivity index (χ1n) is 9.22. The lowest BCUT2D eigenvalue weighted by Crippen LogP contribution is -2.55. The van der Waals surface area contributed by atoms with E-state index in [0.29, 0.717) is 0 Å². The van der Waals surface area contributed by atoms with Gasteiger partial charge in [-0.2, -0.15) is 0 Å². The van der Waals surface area contributed by atoms with Crippen LogP contribution in [0, 0.1) is 15.9 Å². The van der Waals surface area contributed by atoms with Crippen molar-refractivity contribution in [2.45, 2.75) is 55.9 Å². The van der Waals surface area contributed by atoms with Gasteiger partial charge in [-0.1, -0.05) is 0 Å². The number of alkyl halides is 2. The Hall–Kier alpha value is -2.70. The predicted molar refractivity (Wildman–Crippen MR) is 105 cm³/mol. The number of benzene rings is 1. The number of nitrogens with zero attached hydrogens (tertiary/aromatic N) is 3. The van der Waals surface area contributed by atoms with Crippen LogP contribution >= 0.6 is 0 Å². The number of aliphatic imine (C=N–C) groups is 1. The molecule has 1 aromatic rings. The minimum absolute atomic E-state index is 0.368. The molecule has 1 aliphatic carbocycles. The maximum absolute atomic E-state index is 14.8. The van der Waals surface area contributed by atoms with E-state index in [-0.39, 0.29) is 5.96 Å². The highest BCUT2D eigenvalue weighted by atomic mass is 32.2. The summed E-state index contributed by atoms with van der Waals surface area (Å²) in [6.45, 7) is 4.81. The molecule has 0 radical (unpaired) electrons. The molecule has 1 saturated carbocycles. The highest BCUT2D eigenvalue weighted by Crippen LogP contribution is 2.54. The van der Waals surface area contributed by atoms with E-state index in [4.69, 9.17) is 4.74 Å². The Labute approximate surface area is 178 Å². The number of carbonyl (C=O) groups is 1. The molecular weight excluding hydrogens is 441 g/mol. The van der Waals surface area contributed by atoms with E-state index in [1.807, 2.05) is 0 Å². The molecule has 0 bridgehead atoms. The van der Waals surface area contributed by atoms with Crippen LogP contribution < -0.4 is 5.32 Å². The van der Waals surface area contributed by atoms with E-state index in [1.54, 1.807) is 20.8 Å². The molecule has 2 aliphatic rings. The Morgan fingerprint density at radius 2 is 2.06 bits per heavy atom. The Balaban J connectivity index is 2.17. The molecule has 1 amide bonds. The van der Waals surface area contributed by atoms with Crippen molar-refractivity contribution in [3.8, 4) is 0 Å². The molecule has 1 aromatic carbocycles. The molecule has 3 atom stereocenters. The van der Waals surface area contributed by atoms with Crippen molar-refractivity contribution < 1.29 is 31.8 Å². The number of hydrogen-bond donors (Lipinski definition) is 1. The Morgan fingerprint density at radius 1 is 1.42 bits per heavy atom. The van der Waals surface area contributed by atoms with Gasteiger partial charge in [0.25, 0.3) is 11.6 Å². The molecular formula is C18H21F3N4O5S. The van der Waals surface area contributed by atoms with Gasteiger partial charge in [0.1, 0.15) is 27.9 Å². The average molecular weight is 462 g/mol. The number of ether oxygens (including phenoxy) is 1. The number of halogens is 3. The molecule has 1 aliphatic heterocycles. The van der Waals surface area contributed by atoms with Gasteiger partial charge < -0.3 is 4.74 Å². The van der Waals surface area contributed by atoms with Crippen LogP contribution in [0.1, 0.15) is 39.2 Å². The maximum Gasteiger partial charge on any atom is 0.414 e. The molecule has 13 heteroatoms. The van der Waals surface area contributed by atoms with Gasteiger partial charge in [0.05, 0.1) is 10.2 Å². The number of fused-ring (bicyclic) bond motifs is 1. The smallest absolute Gasteiger partial charge is 0.414 e. The summed E-state index contributed by atoms with van der Waals surface area (Å²) < 4.78 is 62.9. The van der Waals surface area contributed by atoms with Crippen molar-refractivity contribution in [2.24, 2.45) is 4.99 Å². The monoisotopic (exact) mass is 462 g/mol. The Morgan fingerprint density at radius 3 is 2.65 bits per heavy atom. The first-order valence-corrected chi connectivity index (χ1v) is 10.4. The topological polar surface area (TPSA) is 114 Å². The second-order valence-corrected chi connectivity index (χ2v) is 10.1. The standard InChI is InChI=1S/C18H21F3N4O5S/c1-16(2,3)30-15(26)22-14-23-18(11-7-10(25(27)28)5-6-12(11)19)9-17(20,21)8-13(18)31(29)24(14)4/h5-7,13H,8-9H2,1-4H3,(H,22,23,26). The summed E-state index contributed by atoms with van der Waals surface area (Å²) in [5, 5.41) is 12.1. The molecule has 9 nitrogen and oxygen atoms in total. The fourth-order valence-electron chi connectivity index (χ4n) is 3.69. The zero-order chi connectivity index (χ0) is 23.4. The number of carbonyl (C=O) groups excluding carboxylic acids is 1. The van der Waals surface area contributed by atoms with Crippen molar-refractivity contribution in [1.82, 2.24) is 9.62 Å². The molecule has 0 aromatic heterocycles. The third kappa shape index (κ3) is 4.36. The van der Waals surface area contributed by atoms with E-state index in [2.05, 4.69) is 10.3 Å². The SMILES string of the molecule is CN1C(NC(=O)OC(C)(C)C)=NC2(c3cc([N+](=O)[O-])ccc3F)CC(F)(F)CC2S1=O. The fraction of sp³-hybridized carbons (Fsp3) is 0.556. The van der Waals surface area contributed by atoms with E-state index in [1.165, 1.54) is 7.05 Å². The number of non-ortho nitro benzene ring substituents is 1. The van der Waals surface area contributed by atoms with Crippen LogP contribution in [0.25, 0.3) is 0 Å². The van der Waals surface area contributed by atoms with Gasteiger partial charge in [-0.25, -0.2) is 27.2 Å². The van der Waals surface area contributed by atoms with Gasteiger partial charge >= 0.3 is 6.09 Å². The van der Waals surface area contributed by atoms with E-state index in [0.717, 1.165) is 22.5 Å². The van der Waals surface area contributed by atoms with Crippen LogP contribution in [-0.4, -0.2) is 49.3 Å². The van der Waals surface area contributed by atoms with Crippen LogP contribution in [0.4, 0.5) is 23.7 Å². The number of nitrogens with one attached hydrogen (secondary N) is 1. The molecule has 31 heavy (non-hydrogen) atoms. The first kappa shape index (κ1) is 23.0. The third-order valence-electron chi connectivity index (χ3n) is 4.90. The molecule has 3 unspecified atom stereocenters. The molecule has 0 spiro atoms. The van der Waals surface area contributed by atoms with Crippen molar-refractivity contribution in [3.05, 3.63) is 39.7 Å². The van der Waals surface area contributed by atoms with Gasteiger partial charge in [-0.3, -0.25) is 19.7 Å². The number of hydrogen-bond acceptors (Lipinski definition) is 6. The quantitative estimate of drug-likeness (QED) is 0.536. The number of nitro benzene ring substituents is 1. The number of guanidine groups is 1. The van der Waals surface area contributed by atoms with E-state index in [9.17, 15) is 32.3 Å². The highest BCUT2D eigenvalue weighted by Gasteiger charge is 2.63. The summed E-state index contributed by atoms with van der Waals surface area (Å²) in [7, 11) is -0.882. The van der Waals surface area contributed by atoms with Crippen LogP contribution in [0.3, 0.4) is 0 Å². The summed E-state index contributed by atoms with van der Waals surface area (Å²) in [5.74, 6) is -4.73. The summed E-state index contributed by atoms with van der Waals surface area (Å²) >= 11 is 0. The fourth-order valence-corrected chi connectivity index (χ4v) is 5.32. The number of rotatable bonds is 2. The van der Waals surface area contributed by atoms with Gasteiger partial charge in [-0.15, -0.1) is 0 Å². The lowest BCUT2D eigenvalue weighted by Gasteiger charge is -2.39. The summed E-state index contributed by atoms with van der Waals surface area (Å²) in [6, 6.07) is 2.50. The van der Waals surface area contributed by atoms with Crippen LogP contribution in [-0.2, 0) is 21.3 Å². The summed E-state index contributed by atoms with van der Waals surface area (Å²) in [4.78, 5) is 26.8. The van der Waals surface area contributed by atoms with Gasteiger partial charge in [0.2, 0.25) is 5.96 Å². The lowest BCUT2D eigenvalue weighted by atomic mass is 9.87. The lowest BCUT2D eigenvalue weighted by molar-refractivity contribution is -0.385. The van der Waals surface area contributed by atoms with Gasteiger partial charge in [-0.05, 0) is 26.8 Å². The summed E-state index contributed by atoms with van der Waals surface area (Å²) in [5.41, 5.74) is -3.97. The third-order valence-corrected chi connectivity index (χ3v) is 6.66. The zero-order valence-corrected chi connectivity index (χ0v) is 18.0. The molecule has 170 valence electrons. The first-order chi connectivity index (χ1) is 14.2. The molecule has 3 rings (SSSR count). The second-order valence-electron chi connectivity index (χ2n) is 8.41. The van der Waals surface area contributed by atoms with Crippen molar-refractivity contribution in [3.63, 3.8) is 0 Å². The van der Waals surface area contributed by atoms with Crippen molar-refractivity contribution in [1.29, 1.82) is 0 Å². The Bertz CT molecular complexity index is 997. The maximum atomic E-state index is 14.8. The molecule has 0 saturated heterocycles. The van der Waals surface area contributed by atoms with Crippen molar-refractivity contribution in [2.75, 3.05) is 7.05 Å². The Kier molecular flexibility index (Phi) is 5.53. The van der Waals surface area contributed by atoms with E-state index < -0.39 is 74.2 Å². The molecule has 1 heterocycles. The minimum atomic E-state index is -3.36. The van der Waals surface area contributed by atoms with Gasteiger partial charge in [0, 0.05) is 37.6 Å². The predicted octanol–water partition coefficient (Wildman–Crippen LogP) is 3.22. The van der Waals surface area contributed by atoms with Crippen LogP contribution in [0.2, 0.25) is 0 Å². The van der Waals surface area contributed by atoms with Crippen LogP contribution in [0.15, 0.2) is 23.2 Å². The number of amides is 1. The highest BCUT2D eigenvalue weighted by molar-refractivity contribution is 7.84. The normalized spacial score (nSPS) is 27.3. The molecule has 1 N–H and O–H groups in total. The van der Waals surface area contributed by atoms with Crippen LogP contribution in [0.5, 0.6) is 0 Å². The zero-order valence-electron chi connectivity index (χ0n) is 17.1. The van der Waals surface area contributed by atoms with E-state index >= 15 is 0 Å². The molecule has 1 fully saturated rings. The average Bonchev–Trinajstić information content (AvgIpc) is 2.89. The van der Waals surface area contributed by atoms with Crippen molar-refractivity contribution >= 4 is 28.7 Å². The number of alkyl carbamates (subject to hydrolysis) is 1. The largest absolute Gasteiger partial charge is 0.444 e. The number of nitro groups is 1. The second kappa shape index (κ2) is 7.46. The summed E-state index contributed by atoms with van der Waals surface area (Å²) in [6.07, 6.45) is -2.87.